The van der Waals surface area contributed by atoms with E-state index in [0.717, 1.165) is 25.1 Å². The van der Waals surface area contributed by atoms with Crippen LogP contribution in [0, 0.1) is 5.92 Å². The van der Waals surface area contributed by atoms with Crippen LogP contribution in [0.1, 0.15) is 30.1 Å². The quantitative estimate of drug-likeness (QED) is 0.734. The second-order valence-corrected chi connectivity index (χ2v) is 4.62. The van der Waals surface area contributed by atoms with Crippen molar-refractivity contribution in [2.24, 2.45) is 5.92 Å². The lowest BCUT2D eigenvalue weighted by Crippen LogP contribution is -2.39. The normalized spacial score (nSPS) is 20.8. The Labute approximate surface area is 96.2 Å². The number of piperidine rings is 1. The van der Waals surface area contributed by atoms with Gasteiger partial charge in [0.05, 0.1) is 0 Å². The Balaban J connectivity index is 2.09. The number of anilines is 1. The number of hydrogen-bond acceptors (Lipinski definition) is 2. The van der Waals surface area contributed by atoms with Crippen molar-refractivity contribution < 1.29 is 4.79 Å². The first-order valence-corrected chi connectivity index (χ1v) is 5.81. The van der Waals surface area contributed by atoms with Crippen LogP contribution >= 0.6 is 0 Å². The first-order valence-electron chi connectivity index (χ1n) is 5.81. The molecule has 1 aliphatic heterocycles. The zero-order chi connectivity index (χ0) is 11.5. The topological polar surface area (TPSA) is 46.3 Å². The van der Waals surface area contributed by atoms with Gasteiger partial charge >= 0.3 is 0 Å². The van der Waals surface area contributed by atoms with Gasteiger partial charge in [0.25, 0.3) is 5.91 Å². The molecular formula is C13H18N2O. The molecule has 0 unspecified atom stereocenters. The SMILES string of the molecule is C[C@@H]1CCCN(C(=O)c2ccc(N)cc2)C1. The summed E-state index contributed by atoms with van der Waals surface area (Å²) in [6, 6.07) is 7.16. The molecule has 1 saturated heterocycles. The Kier molecular flexibility index (Phi) is 3.13. The van der Waals surface area contributed by atoms with Crippen molar-refractivity contribution in [3.05, 3.63) is 29.8 Å². The number of nitrogens with two attached hydrogens (primary N) is 1. The summed E-state index contributed by atoms with van der Waals surface area (Å²) >= 11 is 0. The number of likely N-dealkylation sites (tertiary alicyclic amines) is 1. The van der Waals surface area contributed by atoms with Gasteiger partial charge in [-0.25, -0.2) is 0 Å². The van der Waals surface area contributed by atoms with E-state index in [1.165, 1.54) is 6.42 Å². The number of carbonyl (C=O) groups is 1. The minimum absolute atomic E-state index is 0.131. The van der Waals surface area contributed by atoms with Gasteiger partial charge in [0.15, 0.2) is 0 Å². The van der Waals surface area contributed by atoms with Gasteiger partial charge in [-0.3, -0.25) is 4.79 Å². The maximum absolute atomic E-state index is 12.1. The van der Waals surface area contributed by atoms with Gasteiger partial charge in [-0.1, -0.05) is 6.92 Å². The fourth-order valence-corrected chi connectivity index (χ4v) is 2.18. The molecule has 3 nitrogen and oxygen atoms in total. The number of rotatable bonds is 1. The molecule has 86 valence electrons. The van der Waals surface area contributed by atoms with Gasteiger partial charge in [0, 0.05) is 24.3 Å². The zero-order valence-electron chi connectivity index (χ0n) is 9.65. The molecule has 1 fully saturated rings. The second-order valence-electron chi connectivity index (χ2n) is 4.62. The Morgan fingerprint density at radius 3 is 2.69 bits per heavy atom. The highest BCUT2D eigenvalue weighted by Crippen LogP contribution is 2.18. The lowest BCUT2D eigenvalue weighted by atomic mass is 9.99. The molecule has 0 spiro atoms. The van der Waals surface area contributed by atoms with Crippen LogP contribution in [0.4, 0.5) is 5.69 Å². The number of nitrogens with zero attached hydrogens (tertiary/aromatic N) is 1. The first kappa shape index (κ1) is 11.0. The fraction of sp³-hybridized carbons (Fsp3) is 0.462. The molecule has 3 heteroatoms. The molecule has 1 atom stereocenters. The molecule has 0 aromatic heterocycles. The molecule has 1 aromatic rings. The number of carbonyl (C=O) groups excluding carboxylic acids is 1. The van der Waals surface area contributed by atoms with Gasteiger partial charge in [-0.15, -0.1) is 0 Å². The molecule has 1 heterocycles. The molecule has 2 N–H and O–H groups in total. The molecule has 16 heavy (non-hydrogen) atoms. The van der Waals surface area contributed by atoms with Crippen LogP contribution in [-0.4, -0.2) is 23.9 Å². The van der Waals surface area contributed by atoms with E-state index in [2.05, 4.69) is 6.92 Å². The molecule has 0 bridgehead atoms. The van der Waals surface area contributed by atoms with Gasteiger partial charge in [0.2, 0.25) is 0 Å². The Morgan fingerprint density at radius 2 is 2.06 bits per heavy atom. The molecule has 0 aliphatic carbocycles. The van der Waals surface area contributed by atoms with Crippen LogP contribution in [0.2, 0.25) is 0 Å². The Bertz CT molecular complexity index is 372. The van der Waals surface area contributed by atoms with Crippen LogP contribution in [0.5, 0.6) is 0 Å². The van der Waals surface area contributed by atoms with Crippen LogP contribution in [0.15, 0.2) is 24.3 Å². The van der Waals surface area contributed by atoms with E-state index >= 15 is 0 Å². The largest absolute Gasteiger partial charge is 0.399 e. The highest BCUT2D eigenvalue weighted by Gasteiger charge is 2.21. The Morgan fingerprint density at radius 1 is 1.38 bits per heavy atom. The van der Waals surface area contributed by atoms with Crippen LogP contribution in [0.3, 0.4) is 0 Å². The summed E-state index contributed by atoms with van der Waals surface area (Å²) in [5.41, 5.74) is 7.04. The average molecular weight is 218 g/mol. The lowest BCUT2D eigenvalue weighted by Gasteiger charge is -2.31. The van der Waals surface area contributed by atoms with E-state index < -0.39 is 0 Å². The van der Waals surface area contributed by atoms with Crippen molar-refractivity contribution in [2.75, 3.05) is 18.8 Å². The monoisotopic (exact) mass is 218 g/mol. The third-order valence-electron chi connectivity index (χ3n) is 3.10. The highest BCUT2D eigenvalue weighted by molar-refractivity contribution is 5.94. The predicted molar refractivity (Wildman–Crippen MR) is 65.2 cm³/mol. The van der Waals surface area contributed by atoms with E-state index in [4.69, 9.17) is 5.73 Å². The van der Waals surface area contributed by atoms with E-state index in [1.54, 1.807) is 24.3 Å². The van der Waals surface area contributed by atoms with Crippen molar-refractivity contribution in [3.8, 4) is 0 Å². The summed E-state index contributed by atoms with van der Waals surface area (Å²) in [5, 5.41) is 0. The molecular weight excluding hydrogens is 200 g/mol. The zero-order valence-corrected chi connectivity index (χ0v) is 9.65. The molecule has 0 radical (unpaired) electrons. The van der Waals surface area contributed by atoms with E-state index in [0.29, 0.717) is 11.6 Å². The average Bonchev–Trinajstić information content (AvgIpc) is 2.29. The van der Waals surface area contributed by atoms with Gasteiger partial charge in [0.1, 0.15) is 0 Å². The summed E-state index contributed by atoms with van der Waals surface area (Å²) in [6.45, 7) is 3.96. The number of benzene rings is 1. The Hall–Kier alpha value is -1.51. The summed E-state index contributed by atoms with van der Waals surface area (Å²) in [7, 11) is 0. The molecule has 1 amide bonds. The number of nitrogen functional groups attached to an aromatic ring is 1. The van der Waals surface area contributed by atoms with Crippen LogP contribution in [0.25, 0.3) is 0 Å². The standard InChI is InChI=1S/C13H18N2O/c1-10-3-2-8-15(9-10)13(16)11-4-6-12(14)7-5-11/h4-7,10H,2-3,8-9,14H2,1H3/t10-/m1/s1. The summed E-state index contributed by atoms with van der Waals surface area (Å²) in [5.74, 6) is 0.748. The minimum Gasteiger partial charge on any atom is -0.399 e. The molecule has 0 saturated carbocycles. The first-order chi connectivity index (χ1) is 7.66. The predicted octanol–water partition coefficient (Wildman–Crippen LogP) is 2.14. The molecule has 1 aliphatic rings. The molecule has 2 rings (SSSR count). The van der Waals surface area contributed by atoms with E-state index in [1.807, 2.05) is 4.90 Å². The van der Waals surface area contributed by atoms with Gasteiger partial charge < -0.3 is 10.6 Å². The second kappa shape index (κ2) is 4.56. The van der Waals surface area contributed by atoms with Gasteiger partial charge in [-0.2, -0.15) is 0 Å². The molecule has 1 aromatic carbocycles. The number of amides is 1. The smallest absolute Gasteiger partial charge is 0.253 e. The van der Waals surface area contributed by atoms with Crippen molar-refractivity contribution in [1.82, 2.24) is 4.90 Å². The van der Waals surface area contributed by atoms with Crippen molar-refractivity contribution in [3.63, 3.8) is 0 Å². The van der Waals surface area contributed by atoms with Crippen molar-refractivity contribution in [1.29, 1.82) is 0 Å². The summed E-state index contributed by atoms with van der Waals surface area (Å²) < 4.78 is 0. The summed E-state index contributed by atoms with van der Waals surface area (Å²) in [6.07, 6.45) is 2.34. The van der Waals surface area contributed by atoms with Crippen LogP contribution in [-0.2, 0) is 0 Å². The van der Waals surface area contributed by atoms with E-state index in [-0.39, 0.29) is 5.91 Å². The number of hydrogen-bond donors (Lipinski definition) is 1. The van der Waals surface area contributed by atoms with Crippen molar-refractivity contribution >= 4 is 11.6 Å². The van der Waals surface area contributed by atoms with E-state index in [9.17, 15) is 4.79 Å². The fourth-order valence-electron chi connectivity index (χ4n) is 2.18. The van der Waals surface area contributed by atoms with Crippen molar-refractivity contribution in [2.45, 2.75) is 19.8 Å². The van der Waals surface area contributed by atoms with Gasteiger partial charge in [-0.05, 0) is 43.0 Å². The van der Waals surface area contributed by atoms with Crippen LogP contribution < -0.4 is 5.73 Å². The lowest BCUT2D eigenvalue weighted by molar-refractivity contribution is 0.0683. The highest BCUT2D eigenvalue weighted by atomic mass is 16.2. The third-order valence-corrected chi connectivity index (χ3v) is 3.10. The third kappa shape index (κ3) is 2.35. The maximum atomic E-state index is 12.1. The summed E-state index contributed by atoms with van der Waals surface area (Å²) in [4.78, 5) is 14.1. The minimum atomic E-state index is 0.131. The maximum Gasteiger partial charge on any atom is 0.253 e.